The van der Waals surface area contributed by atoms with Crippen LogP contribution in [-0.4, -0.2) is 54.0 Å². The number of furan rings is 1. The van der Waals surface area contributed by atoms with Crippen molar-refractivity contribution in [1.29, 1.82) is 0 Å². The van der Waals surface area contributed by atoms with Crippen molar-refractivity contribution in [2.75, 3.05) is 26.2 Å². The summed E-state index contributed by atoms with van der Waals surface area (Å²) in [6.07, 6.45) is 0. The third kappa shape index (κ3) is 2.06. The number of piperazine rings is 1. The first-order chi connectivity index (χ1) is 9.19. The van der Waals surface area contributed by atoms with Crippen LogP contribution >= 0.6 is 0 Å². The van der Waals surface area contributed by atoms with Crippen molar-refractivity contribution < 1.29 is 14.0 Å². The summed E-state index contributed by atoms with van der Waals surface area (Å²) in [6.45, 7) is 2.50. The third-order valence-corrected chi connectivity index (χ3v) is 3.59. The maximum Gasteiger partial charge on any atom is 0.317 e. The summed E-state index contributed by atoms with van der Waals surface area (Å²) in [5.41, 5.74) is 5.46. The number of nitrogens with one attached hydrogen (secondary N) is 1. The molecular formula is C12H16N4O3. The zero-order valence-electron chi connectivity index (χ0n) is 10.5. The lowest BCUT2D eigenvalue weighted by Gasteiger charge is -2.35. The highest BCUT2D eigenvalue weighted by molar-refractivity contribution is 5.92. The van der Waals surface area contributed by atoms with Crippen LogP contribution in [0.3, 0.4) is 0 Å². The Kier molecular flexibility index (Phi) is 2.90. The van der Waals surface area contributed by atoms with Crippen molar-refractivity contribution in [3.05, 3.63) is 23.7 Å². The molecule has 0 bridgehead atoms. The molecule has 1 aromatic rings. The van der Waals surface area contributed by atoms with Crippen LogP contribution in [0.25, 0.3) is 0 Å². The van der Waals surface area contributed by atoms with E-state index in [4.69, 9.17) is 10.2 Å². The molecule has 1 atom stereocenters. The number of urea groups is 1. The van der Waals surface area contributed by atoms with Gasteiger partial charge in [0, 0.05) is 26.2 Å². The predicted molar refractivity (Wildman–Crippen MR) is 66.4 cm³/mol. The molecule has 3 heterocycles. The van der Waals surface area contributed by atoms with Gasteiger partial charge in [0.1, 0.15) is 5.76 Å². The fraction of sp³-hybridized carbons (Fsp3) is 0.500. The van der Waals surface area contributed by atoms with Gasteiger partial charge in [0.15, 0.2) is 5.76 Å². The van der Waals surface area contributed by atoms with Gasteiger partial charge in [-0.1, -0.05) is 0 Å². The number of nitrogens with zero attached hydrogens (tertiary/aromatic N) is 2. The van der Waals surface area contributed by atoms with Crippen molar-refractivity contribution in [3.8, 4) is 0 Å². The molecule has 1 aromatic heterocycles. The summed E-state index contributed by atoms with van der Waals surface area (Å²) in [5, 5.41) is 2.78. The number of amides is 3. The number of fused-ring (bicyclic) bond motifs is 1. The third-order valence-electron chi connectivity index (χ3n) is 3.59. The van der Waals surface area contributed by atoms with Gasteiger partial charge in [0.25, 0.3) is 5.91 Å². The minimum Gasteiger partial charge on any atom is -0.455 e. The average molecular weight is 264 g/mol. The van der Waals surface area contributed by atoms with Crippen LogP contribution in [0.5, 0.6) is 0 Å². The molecule has 102 valence electrons. The highest BCUT2D eigenvalue weighted by atomic mass is 16.4. The van der Waals surface area contributed by atoms with Gasteiger partial charge in [0.05, 0.1) is 12.6 Å². The standard InChI is InChI=1S/C12H16N4O3/c13-5-9-1-2-10(19-9)11(17)15-3-4-16-8(7-15)6-14-12(16)18/h1-2,8H,3-7,13H2,(H,14,18). The van der Waals surface area contributed by atoms with Crippen LogP contribution in [0.15, 0.2) is 16.5 Å². The van der Waals surface area contributed by atoms with Crippen molar-refractivity contribution in [3.63, 3.8) is 0 Å². The first-order valence-electron chi connectivity index (χ1n) is 6.31. The predicted octanol–water partition coefficient (Wildman–Crippen LogP) is -0.412. The molecule has 2 aliphatic rings. The number of nitrogens with two attached hydrogens (primary N) is 1. The molecule has 0 saturated carbocycles. The summed E-state index contributed by atoms with van der Waals surface area (Å²) in [7, 11) is 0. The Morgan fingerprint density at radius 2 is 2.32 bits per heavy atom. The molecule has 0 spiro atoms. The molecule has 2 saturated heterocycles. The molecule has 0 aliphatic carbocycles. The zero-order chi connectivity index (χ0) is 13.4. The van der Waals surface area contributed by atoms with E-state index in [1.807, 2.05) is 0 Å². The summed E-state index contributed by atoms with van der Waals surface area (Å²) in [6, 6.07) is 3.38. The van der Waals surface area contributed by atoms with E-state index in [1.165, 1.54) is 0 Å². The topological polar surface area (TPSA) is 91.8 Å². The molecule has 0 radical (unpaired) electrons. The van der Waals surface area contributed by atoms with Crippen molar-refractivity contribution in [2.45, 2.75) is 12.6 Å². The molecule has 3 amide bonds. The van der Waals surface area contributed by atoms with Crippen LogP contribution in [0.2, 0.25) is 0 Å². The lowest BCUT2D eigenvalue weighted by molar-refractivity contribution is 0.0585. The molecule has 0 aromatic carbocycles. The van der Waals surface area contributed by atoms with Crippen LogP contribution < -0.4 is 11.1 Å². The van der Waals surface area contributed by atoms with Crippen LogP contribution in [0.4, 0.5) is 4.79 Å². The number of hydrogen-bond acceptors (Lipinski definition) is 4. The Morgan fingerprint density at radius 3 is 3.05 bits per heavy atom. The summed E-state index contributed by atoms with van der Waals surface area (Å²) in [5.74, 6) is 0.768. The van der Waals surface area contributed by atoms with E-state index >= 15 is 0 Å². The maximum absolute atomic E-state index is 12.3. The number of rotatable bonds is 2. The van der Waals surface area contributed by atoms with Gasteiger partial charge >= 0.3 is 6.03 Å². The molecule has 2 fully saturated rings. The van der Waals surface area contributed by atoms with Crippen LogP contribution in [0.1, 0.15) is 16.3 Å². The second kappa shape index (κ2) is 4.58. The molecule has 1 unspecified atom stereocenters. The molecule has 7 nitrogen and oxygen atoms in total. The van der Waals surface area contributed by atoms with E-state index in [0.717, 1.165) is 0 Å². The first kappa shape index (κ1) is 12.0. The lowest BCUT2D eigenvalue weighted by atomic mass is 10.2. The minimum absolute atomic E-state index is 0.0412. The smallest absolute Gasteiger partial charge is 0.317 e. The van der Waals surface area contributed by atoms with Crippen LogP contribution in [-0.2, 0) is 6.54 Å². The number of carbonyl (C=O) groups excluding carboxylic acids is 2. The normalized spacial score (nSPS) is 22.4. The fourth-order valence-electron chi connectivity index (χ4n) is 2.55. The molecule has 3 rings (SSSR count). The maximum atomic E-state index is 12.3. The van der Waals surface area contributed by atoms with Gasteiger partial charge in [-0.15, -0.1) is 0 Å². The molecular weight excluding hydrogens is 248 g/mol. The number of hydrogen-bond donors (Lipinski definition) is 2. The Balaban J connectivity index is 1.70. The molecule has 19 heavy (non-hydrogen) atoms. The van der Waals surface area contributed by atoms with E-state index in [9.17, 15) is 9.59 Å². The zero-order valence-corrected chi connectivity index (χ0v) is 10.5. The van der Waals surface area contributed by atoms with E-state index in [1.54, 1.807) is 21.9 Å². The fourth-order valence-corrected chi connectivity index (χ4v) is 2.55. The largest absolute Gasteiger partial charge is 0.455 e. The summed E-state index contributed by atoms with van der Waals surface area (Å²) in [4.78, 5) is 27.2. The highest BCUT2D eigenvalue weighted by Gasteiger charge is 2.37. The average Bonchev–Trinajstić information content (AvgIpc) is 3.05. The van der Waals surface area contributed by atoms with Crippen molar-refractivity contribution in [2.24, 2.45) is 5.73 Å². The Morgan fingerprint density at radius 1 is 1.47 bits per heavy atom. The van der Waals surface area contributed by atoms with E-state index < -0.39 is 0 Å². The van der Waals surface area contributed by atoms with Gasteiger partial charge in [-0.3, -0.25) is 4.79 Å². The summed E-state index contributed by atoms with van der Waals surface area (Å²) >= 11 is 0. The van der Waals surface area contributed by atoms with Gasteiger partial charge < -0.3 is 25.3 Å². The van der Waals surface area contributed by atoms with Gasteiger partial charge in [-0.05, 0) is 12.1 Å². The van der Waals surface area contributed by atoms with Crippen molar-refractivity contribution in [1.82, 2.24) is 15.1 Å². The Hall–Kier alpha value is -2.02. The van der Waals surface area contributed by atoms with E-state index in [0.29, 0.717) is 37.7 Å². The van der Waals surface area contributed by atoms with Gasteiger partial charge in [-0.25, -0.2) is 4.79 Å². The highest BCUT2D eigenvalue weighted by Crippen LogP contribution is 2.17. The Bertz CT molecular complexity index is 513. The minimum atomic E-state index is -0.140. The van der Waals surface area contributed by atoms with Gasteiger partial charge in [0.2, 0.25) is 0 Å². The van der Waals surface area contributed by atoms with E-state index in [2.05, 4.69) is 5.32 Å². The van der Waals surface area contributed by atoms with E-state index in [-0.39, 0.29) is 24.5 Å². The quantitative estimate of drug-likeness (QED) is 0.759. The Labute approximate surface area is 110 Å². The van der Waals surface area contributed by atoms with Gasteiger partial charge in [-0.2, -0.15) is 0 Å². The molecule has 7 heteroatoms. The van der Waals surface area contributed by atoms with Crippen LogP contribution in [0, 0.1) is 0 Å². The first-order valence-corrected chi connectivity index (χ1v) is 6.31. The second-order valence-corrected chi connectivity index (χ2v) is 4.75. The number of carbonyl (C=O) groups is 2. The monoisotopic (exact) mass is 264 g/mol. The lowest BCUT2D eigenvalue weighted by Crippen LogP contribution is -2.53. The molecule has 3 N–H and O–H groups in total. The molecule has 2 aliphatic heterocycles. The SMILES string of the molecule is NCc1ccc(C(=O)N2CCN3C(=O)NCC3C2)o1. The summed E-state index contributed by atoms with van der Waals surface area (Å²) < 4.78 is 5.37. The second-order valence-electron chi connectivity index (χ2n) is 4.75. The van der Waals surface area contributed by atoms with Crippen molar-refractivity contribution >= 4 is 11.9 Å².